The van der Waals surface area contributed by atoms with Crippen molar-refractivity contribution in [1.82, 2.24) is 10.6 Å². The Bertz CT molecular complexity index is 536. The summed E-state index contributed by atoms with van der Waals surface area (Å²) in [6, 6.07) is 14.1. The third kappa shape index (κ3) is 3.29. The van der Waals surface area contributed by atoms with Crippen molar-refractivity contribution >= 4 is 11.3 Å². The van der Waals surface area contributed by atoms with Gasteiger partial charge in [-0.25, -0.2) is 0 Å². The first-order valence-electron chi connectivity index (χ1n) is 7.40. The number of hydrogen-bond acceptors (Lipinski definition) is 3. The van der Waals surface area contributed by atoms with E-state index in [9.17, 15) is 0 Å². The van der Waals surface area contributed by atoms with Crippen LogP contribution in [0.1, 0.15) is 35.4 Å². The minimum atomic E-state index is 0.469. The summed E-state index contributed by atoms with van der Waals surface area (Å²) in [5.41, 5.74) is 2.90. The average molecular weight is 286 g/mol. The second-order valence-electron chi connectivity index (χ2n) is 5.57. The molecule has 0 amide bonds. The van der Waals surface area contributed by atoms with Crippen molar-refractivity contribution in [1.29, 1.82) is 0 Å². The highest BCUT2D eigenvalue weighted by molar-refractivity contribution is 7.09. The third-order valence-electron chi connectivity index (χ3n) is 3.93. The zero-order chi connectivity index (χ0) is 13.8. The van der Waals surface area contributed by atoms with Gasteiger partial charge in [0.1, 0.15) is 0 Å². The van der Waals surface area contributed by atoms with Crippen LogP contribution in [0.3, 0.4) is 0 Å². The van der Waals surface area contributed by atoms with Gasteiger partial charge in [0, 0.05) is 23.5 Å². The van der Waals surface area contributed by atoms with Crippen molar-refractivity contribution in [3.05, 3.63) is 57.8 Å². The van der Waals surface area contributed by atoms with Crippen molar-refractivity contribution in [2.24, 2.45) is 0 Å². The Morgan fingerprint density at radius 3 is 3.05 bits per heavy atom. The summed E-state index contributed by atoms with van der Waals surface area (Å²) < 4.78 is 0. The molecule has 0 fully saturated rings. The van der Waals surface area contributed by atoms with Crippen LogP contribution in [0, 0.1) is 0 Å². The molecule has 3 heteroatoms. The second-order valence-corrected chi connectivity index (χ2v) is 6.60. The molecular weight excluding hydrogens is 264 g/mol. The summed E-state index contributed by atoms with van der Waals surface area (Å²) in [5, 5.41) is 9.49. The Hall–Kier alpha value is -1.16. The SMILES string of the molecule is CC(Cc1cccs1)NC1CCNCc2ccccc21. The first kappa shape index (κ1) is 13.8. The maximum absolute atomic E-state index is 3.82. The van der Waals surface area contributed by atoms with Crippen LogP contribution in [0.4, 0.5) is 0 Å². The van der Waals surface area contributed by atoms with Gasteiger partial charge in [0.2, 0.25) is 0 Å². The molecule has 0 saturated carbocycles. The maximum atomic E-state index is 3.82. The Morgan fingerprint density at radius 1 is 1.30 bits per heavy atom. The normalized spacial score (nSPS) is 20.1. The standard InChI is InChI=1S/C17H22N2S/c1-13(11-15-6-4-10-20-15)19-17-8-9-18-12-14-5-2-3-7-16(14)17/h2-7,10,13,17-19H,8-9,11-12H2,1H3. The van der Waals surface area contributed by atoms with E-state index in [2.05, 4.69) is 59.3 Å². The van der Waals surface area contributed by atoms with E-state index in [4.69, 9.17) is 0 Å². The topological polar surface area (TPSA) is 24.1 Å². The number of benzene rings is 1. The van der Waals surface area contributed by atoms with E-state index in [1.54, 1.807) is 0 Å². The Balaban J connectivity index is 1.70. The summed E-state index contributed by atoms with van der Waals surface area (Å²) >= 11 is 1.85. The van der Waals surface area contributed by atoms with Crippen molar-refractivity contribution in [2.75, 3.05) is 6.54 Å². The van der Waals surface area contributed by atoms with Gasteiger partial charge in [0.25, 0.3) is 0 Å². The molecule has 1 aliphatic rings. The summed E-state index contributed by atoms with van der Waals surface area (Å²) in [5.74, 6) is 0. The van der Waals surface area contributed by atoms with Crippen molar-refractivity contribution in [3.63, 3.8) is 0 Å². The van der Waals surface area contributed by atoms with E-state index in [-0.39, 0.29) is 0 Å². The van der Waals surface area contributed by atoms with E-state index in [1.165, 1.54) is 16.0 Å². The summed E-state index contributed by atoms with van der Waals surface area (Å²) in [7, 11) is 0. The third-order valence-corrected chi connectivity index (χ3v) is 4.83. The molecule has 20 heavy (non-hydrogen) atoms. The van der Waals surface area contributed by atoms with Gasteiger partial charge in [0.15, 0.2) is 0 Å². The van der Waals surface area contributed by atoms with Gasteiger partial charge in [-0.1, -0.05) is 30.3 Å². The van der Waals surface area contributed by atoms with Gasteiger partial charge in [0.05, 0.1) is 0 Å². The smallest absolute Gasteiger partial charge is 0.0337 e. The van der Waals surface area contributed by atoms with Crippen LogP contribution in [0.2, 0.25) is 0 Å². The van der Waals surface area contributed by atoms with Crippen molar-refractivity contribution in [2.45, 2.75) is 38.4 Å². The van der Waals surface area contributed by atoms with Crippen LogP contribution >= 0.6 is 11.3 Å². The van der Waals surface area contributed by atoms with E-state index in [0.29, 0.717) is 12.1 Å². The molecule has 3 rings (SSSR count). The Labute approximate surface area is 125 Å². The van der Waals surface area contributed by atoms with Gasteiger partial charge >= 0.3 is 0 Å². The van der Waals surface area contributed by atoms with Gasteiger partial charge in [-0.2, -0.15) is 0 Å². The summed E-state index contributed by atoms with van der Waals surface area (Å²) in [4.78, 5) is 1.46. The zero-order valence-electron chi connectivity index (χ0n) is 11.9. The molecule has 1 aliphatic heterocycles. The molecule has 0 aliphatic carbocycles. The minimum absolute atomic E-state index is 0.469. The van der Waals surface area contributed by atoms with Gasteiger partial charge < -0.3 is 10.6 Å². The van der Waals surface area contributed by atoms with Crippen molar-refractivity contribution in [3.8, 4) is 0 Å². The molecule has 1 aromatic heterocycles. The number of nitrogens with one attached hydrogen (secondary N) is 2. The van der Waals surface area contributed by atoms with E-state index >= 15 is 0 Å². The molecule has 2 N–H and O–H groups in total. The Kier molecular flexibility index (Phi) is 4.51. The molecule has 1 aromatic carbocycles. The predicted octanol–water partition coefficient (Wildman–Crippen LogP) is 3.50. The fourth-order valence-corrected chi connectivity index (χ4v) is 3.80. The lowest BCUT2D eigenvalue weighted by atomic mass is 9.98. The van der Waals surface area contributed by atoms with E-state index < -0.39 is 0 Å². The number of hydrogen-bond donors (Lipinski definition) is 2. The summed E-state index contributed by atoms with van der Waals surface area (Å²) in [6.45, 7) is 4.37. The van der Waals surface area contributed by atoms with Crippen molar-refractivity contribution < 1.29 is 0 Å². The first-order chi connectivity index (χ1) is 9.83. The molecule has 2 unspecified atom stereocenters. The molecule has 2 heterocycles. The molecule has 2 nitrogen and oxygen atoms in total. The summed E-state index contributed by atoms with van der Waals surface area (Å²) in [6.07, 6.45) is 2.27. The molecule has 2 aromatic rings. The highest BCUT2D eigenvalue weighted by Crippen LogP contribution is 2.24. The van der Waals surface area contributed by atoms with Crippen LogP contribution in [0.15, 0.2) is 41.8 Å². The fraction of sp³-hybridized carbons (Fsp3) is 0.412. The molecule has 0 saturated heterocycles. The average Bonchev–Trinajstić information content (AvgIpc) is 2.87. The van der Waals surface area contributed by atoms with Crippen LogP contribution in [0.25, 0.3) is 0 Å². The largest absolute Gasteiger partial charge is 0.313 e. The van der Waals surface area contributed by atoms with Crippen LogP contribution in [0.5, 0.6) is 0 Å². The number of thiophene rings is 1. The first-order valence-corrected chi connectivity index (χ1v) is 8.28. The number of fused-ring (bicyclic) bond motifs is 1. The molecule has 0 radical (unpaired) electrons. The zero-order valence-corrected chi connectivity index (χ0v) is 12.7. The monoisotopic (exact) mass is 286 g/mol. The fourth-order valence-electron chi connectivity index (χ4n) is 2.97. The minimum Gasteiger partial charge on any atom is -0.313 e. The molecule has 106 valence electrons. The highest BCUT2D eigenvalue weighted by Gasteiger charge is 2.19. The van der Waals surface area contributed by atoms with Crippen LogP contribution < -0.4 is 10.6 Å². The lowest BCUT2D eigenvalue weighted by Gasteiger charge is -2.23. The Morgan fingerprint density at radius 2 is 2.20 bits per heavy atom. The maximum Gasteiger partial charge on any atom is 0.0337 e. The lowest BCUT2D eigenvalue weighted by molar-refractivity contribution is 0.433. The van der Waals surface area contributed by atoms with Crippen LogP contribution in [-0.2, 0) is 13.0 Å². The van der Waals surface area contributed by atoms with Gasteiger partial charge in [-0.3, -0.25) is 0 Å². The predicted molar refractivity (Wildman–Crippen MR) is 86.1 cm³/mol. The van der Waals surface area contributed by atoms with E-state index in [0.717, 1.165) is 25.9 Å². The van der Waals surface area contributed by atoms with E-state index in [1.807, 2.05) is 11.3 Å². The quantitative estimate of drug-likeness (QED) is 0.899. The molecule has 0 bridgehead atoms. The highest BCUT2D eigenvalue weighted by atomic mass is 32.1. The second kappa shape index (κ2) is 6.53. The van der Waals surface area contributed by atoms with Crippen LogP contribution in [-0.4, -0.2) is 12.6 Å². The molecule has 2 atom stereocenters. The molecular formula is C17H22N2S. The number of rotatable bonds is 4. The van der Waals surface area contributed by atoms with Gasteiger partial charge in [-0.15, -0.1) is 11.3 Å². The molecule has 0 spiro atoms. The lowest BCUT2D eigenvalue weighted by Crippen LogP contribution is -2.32. The van der Waals surface area contributed by atoms with Gasteiger partial charge in [-0.05, 0) is 48.9 Å².